The van der Waals surface area contributed by atoms with Gasteiger partial charge in [0.2, 0.25) is 11.8 Å². The van der Waals surface area contributed by atoms with Crippen molar-refractivity contribution in [2.24, 2.45) is 0 Å². The van der Waals surface area contributed by atoms with E-state index in [1.165, 1.54) is 12.0 Å². The number of ether oxygens (including phenoxy) is 1. The average molecular weight is 403 g/mol. The highest BCUT2D eigenvalue weighted by atomic mass is 19.1. The maximum Gasteiger partial charge on any atom is 0.328 e. The van der Waals surface area contributed by atoms with Gasteiger partial charge in [0.1, 0.15) is 18.3 Å². The molecule has 1 spiro atoms. The van der Waals surface area contributed by atoms with Crippen LogP contribution in [0.25, 0.3) is 0 Å². The predicted molar refractivity (Wildman–Crippen MR) is 103 cm³/mol. The molecule has 2 aliphatic heterocycles. The number of benzene rings is 1. The van der Waals surface area contributed by atoms with Crippen molar-refractivity contribution in [3.63, 3.8) is 0 Å². The van der Waals surface area contributed by atoms with Crippen LogP contribution in [0.3, 0.4) is 0 Å². The second-order valence-electron chi connectivity index (χ2n) is 8.08. The van der Waals surface area contributed by atoms with Crippen molar-refractivity contribution in [3.05, 3.63) is 35.9 Å². The SMILES string of the molecule is COC(=O)[C@@H]1C[C@H](F)CN1C(=O)[C@H](Cc1ccccc1)N1CCNC2(CC2)C1=O. The standard InChI is InChI=1S/C21H26FN3O4/c1-29-19(27)17-12-15(22)13-25(17)18(26)16(11-14-5-3-2-4-6-14)24-10-9-23-21(7-8-21)20(24)28/h2-6,15-17,23H,7-13H2,1H3/t15-,16-,17-/m0/s1. The van der Waals surface area contributed by atoms with Crippen molar-refractivity contribution >= 4 is 17.8 Å². The number of methoxy groups -OCH3 is 1. The normalized spacial score (nSPS) is 26.5. The summed E-state index contributed by atoms with van der Waals surface area (Å²) in [4.78, 5) is 41.7. The number of alkyl halides is 1. The van der Waals surface area contributed by atoms with E-state index in [4.69, 9.17) is 4.74 Å². The van der Waals surface area contributed by atoms with Crippen LogP contribution >= 0.6 is 0 Å². The fourth-order valence-corrected chi connectivity index (χ4v) is 4.43. The maximum atomic E-state index is 14.1. The molecule has 1 aliphatic carbocycles. The smallest absolute Gasteiger partial charge is 0.328 e. The Hall–Kier alpha value is -2.48. The van der Waals surface area contributed by atoms with E-state index in [0.717, 1.165) is 18.4 Å². The first kappa shape index (κ1) is 19.8. The van der Waals surface area contributed by atoms with Crippen molar-refractivity contribution in [3.8, 4) is 0 Å². The van der Waals surface area contributed by atoms with Gasteiger partial charge in [-0.2, -0.15) is 0 Å². The Balaban J connectivity index is 1.63. The Morgan fingerprint density at radius 1 is 1.31 bits per heavy atom. The molecule has 156 valence electrons. The molecule has 2 amide bonds. The Morgan fingerprint density at radius 2 is 2.03 bits per heavy atom. The molecule has 4 rings (SSSR count). The van der Waals surface area contributed by atoms with Gasteiger partial charge in [0.05, 0.1) is 19.2 Å². The van der Waals surface area contributed by atoms with Crippen molar-refractivity contribution < 1.29 is 23.5 Å². The Labute approximate surface area is 169 Å². The minimum absolute atomic E-state index is 0.0735. The molecule has 1 aromatic carbocycles. The summed E-state index contributed by atoms with van der Waals surface area (Å²) in [5.74, 6) is -1.10. The van der Waals surface area contributed by atoms with E-state index in [9.17, 15) is 18.8 Å². The molecule has 0 radical (unpaired) electrons. The van der Waals surface area contributed by atoms with Crippen molar-refractivity contribution in [1.82, 2.24) is 15.1 Å². The summed E-state index contributed by atoms with van der Waals surface area (Å²) in [5, 5.41) is 3.27. The zero-order chi connectivity index (χ0) is 20.6. The van der Waals surface area contributed by atoms with Crippen LogP contribution in [0, 0.1) is 0 Å². The lowest BCUT2D eigenvalue weighted by Crippen LogP contribution is -2.63. The second-order valence-corrected chi connectivity index (χ2v) is 8.08. The molecule has 0 bridgehead atoms. The monoisotopic (exact) mass is 403 g/mol. The number of likely N-dealkylation sites (tertiary alicyclic amines) is 1. The van der Waals surface area contributed by atoms with Crippen LogP contribution in [-0.2, 0) is 25.5 Å². The van der Waals surface area contributed by atoms with Gasteiger partial charge in [-0.3, -0.25) is 9.59 Å². The number of amides is 2. The number of hydrogen-bond donors (Lipinski definition) is 1. The summed E-state index contributed by atoms with van der Waals surface area (Å²) >= 11 is 0. The highest BCUT2D eigenvalue weighted by molar-refractivity contribution is 5.96. The molecular formula is C21H26FN3O4. The fraction of sp³-hybridized carbons (Fsp3) is 0.571. The van der Waals surface area contributed by atoms with Gasteiger partial charge in [-0.15, -0.1) is 0 Å². The number of carbonyl (C=O) groups is 3. The lowest BCUT2D eigenvalue weighted by atomic mass is 10.00. The molecule has 29 heavy (non-hydrogen) atoms. The lowest BCUT2D eigenvalue weighted by Gasteiger charge is -2.40. The van der Waals surface area contributed by atoms with Crippen LogP contribution in [0.2, 0.25) is 0 Å². The highest BCUT2D eigenvalue weighted by Gasteiger charge is 2.55. The molecule has 1 saturated carbocycles. The summed E-state index contributed by atoms with van der Waals surface area (Å²) in [6.45, 7) is 0.853. The molecule has 7 nitrogen and oxygen atoms in total. The molecule has 8 heteroatoms. The highest BCUT2D eigenvalue weighted by Crippen LogP contribution is 2.39. The Bertz CT molecular complexity index is 798. The minimum Gasteiger partial charge on any atom is -0.467 e. The van der Waals surface area contributed by atoms with Crippen molar-refractivity contribution in [2.45, 2.75) is 49.5 Å². The fourth-order valence-electron chi connectivity index (χ4n) is 4.43. The van der Waals surface area contributed by atoms with Crippen molar-refractivity contribution in [2.75, 3.05) is 26.7 Å². The van der Waals surface area contributed by atoms with E-state index < -0.39 is 35.7 Å². The van der Waals surface area contributed by atoms with Crippen LogP contribution in [0.5, 0.6) is 0 Å². The number of hydrogen-bond acceptors (Lipinski definition) is 5. The third kappa shape index (κ3) is 3.73. The average Bonchev–Trinajstić information content (AvgIpc) is 3.40. The van der Waals surface area contributed by atoms with Crippen LogP contribution in [0.4, 0.5) is 4.39 Å². The molecule has 3 atom stereocenters. The van der Waals surface area contributed by atoms with Gasteiger partial charge >= 0.3 is 5.97 Å². The summed E-state index contributed by atoms with van der Waals surface area (Å²) < 4.78 is 18.9. The van der Waals surface area contributed by atoms with Crippen LogP contribution in [0.15, 0.2) is 30.3 Å². The largest absolute Gasteiger partial charge is 0.467 e. The molecule has 3 fully saturated rings. The van der Waals surface area contributed by atoms with Crippen LogP contribution in [-0.4, -0.2) is 78.1 Å². The predicted octanol–water partition coefficient (Wildman–Crippen LogP) is 0.674. The lowest BCUT2D eigenvalue weighted by molar-refractivity contribution is -0.155. The number of piperazine rings is 1. The van der Waals surface area contributed by atoms with Crippen molar-refractivity contribution in [1.29, 1.82) is 0 Å². The summed E-state index contributed by atoms with van der Waals surface area (Å²) in [7, 11) is 1.23. The summed E-state index contributed by atoms with van der Waals surface area (Å²) in [6, 6.07) is 7.72. The quantitative estimate of drug-likeness (QED) is 0.732. The van der Waals surface area contributed by atoms with E-state index in [0.29, 0.717) is 19.5 Å². The summed E-state index contributed by atoms with van der Waals surface area (Å²) in [6.07, 6.45) is 0.484. The van der Waals surface area contributed by atoms with E-state index in [1.54, 1.807) is 4.90 Å². The topological polar surface area (TPSA) is 79.0 Å². The van der Waals surface area contributed by atoms with Crippen LogP contribution in [0.1, 0.15) is 24.8 Å². The molecular weight excluding hydrogens is 377 g/mol. The second kappa shape index (κ2) is 7.74. The molecule has 1 aromatic rings. The van der Waals surface area contributed by atoms with E-state index in [-0.39, 0.29) is 18.9 Å². The van der Waals surface area contributed by atoms with E-state index in [1.807, 2.05) is 30.3 Å². The molecule has 0 aromatic heterocycles. The van der Waals surface area contributed by atoms with Gasteiger partial charge in [0, 0.05) is 25.9 Å². The number of nitrogens with one attached hydrogen (secondary N) is 1. The zero-order valence-electron chi connectivity index (χ0n) is 16.5. The minimum atomic E-state index is -1.28. The molecule has 0 unspecified atom stereocenters. The first-order valence-electron chi connectivity index (χ1n) is 10.1. The number of nitrogens with zero attached hydrogens (tertiary/aromatic N) is 2. The Kier molecular flexibility index (Phi) is 5.29. The molecule has 1 N–H and O–H groups in total. The van der Waals surface area contributed by atoms with Gasteiger partial charge in [0.15, 0.2) is 0 Å². The number of esters is 1. The molecule has 2 saturated heterocycles. The molecule has 2 heterocycles. The summed E-state index contributed by atoms with van der Waals surface area (Å²) in [5.41, 5.74) is 0.357. The zero-order valence-corrected chi connectivity index (χ0v) is 16.5. The van der Waals surface area contributed by atoms with E-state index in [2.05, 4.69) is 5.32 Å². The number of rotatable bonds is 5. The number of carbonyl (C=O) groups excluding carboxylic acids is 3. The number of halogens is 1. The first-order valence-corrected chi connectivity index (χ1v) is 10.1. The van der Waals surface area contributed by atoms with Crippen LogP contribution < -0.4 is 5.32 Å². The Morgan fingerprint density at radius 3 is 2.69 bits per heavy atom. The van der Waals surface area contributed by atoms with Gasteiger partial charge in [-0.05, 0) is 18.4 Å². The third-order valence-electron chi connectivity index (χ3n) is 6.18. The third-order valence-corrected chi connectivity index (χ3v) is 6.18. The first-order chi connectivity index (χ1) is 13.9. The van der Waals surface area contributed by atoms with E-state index >= 15 is 0 Å². The maximum absolute atomic E-state index is 14.1. The van der Waals surface area contributed by atoms with Gasteiger partial charge in [-0.25, -0.2) is 9.18 Å². The van der Waals surface area contributed by atoms with Gasteiger partial charge in [-0.1, -0.05) is 30.3 Å². The van der Waals surface area contributed by atoms with Gasteiger partial charge < -0.3 is 19.9 Å². The van der Waals surface area contributed by atoms with Gasteiger partial charge in [0.25, 0.3) is 0 Å². The molecule has 3 aliphatic rings.